The number of hydrogen-bond donors (Lipinski definition) is 1. The third-order valence-corrected chi connectivity index (χ3v) is 6.71. The number of hydrogen-bond acceptors (Lipinski definition) is 5. The number of rotatable bonds is 5. The predicted molar refractivity (Wildman–Crippen MR) is 123 cm³/mol. The van der Waals surface area contributed by atoms with Crippen molar-refractivity contribution >= 4 is 23.5 Å². The van der Waals surface area contributed by atoms with Crippen molar-refractivity contribution in [2.45, 2.75) is 38.6 Å². The largest absolute Gasteiger partial charge is 0.492 e. The zero-order chi connectivity index (χ0) is 23.2. The number of nitrogens with zero attached hydrogens (tertiary/aromatic N) is 3. The highest BCUT2D eigenvalue weighted by Crippen LogP contribution is 2.28. The molecule has 0 aliphatic carbocycles. The van der Waals surface area contributed by atoms with E-state index in [0.717, 1.165) is 6.42 Å². The standard InChI is InChI=1S/C24H34N4O5/c1-2-33-21-8-4-3-6-19(21)25-24(31)28-11-5-7-20(28)23(30)26-12-9-18(10-13-26)22(29)27-14-16-32-17-15-27/h3-4,6,8,18,20H,2,5,7,9-17H2,1H3,(H,25,31)/t20-/m0/s1. The summed E-state index contributed by atoms with van der Waals surface area (Å²) in [4.78, 5) is 44.4. The third kappa shape index (κ3) is 5.40. The molecule has 4 amide bonds. The summed E-state index contributed by atoms with van der Waals surface area (Å²) in [5.41, 5.74) is 0.602. The summed E-state index contributed by atoms with van der Waals surface area (Å²) in [6.45, 7) is 6.54. The lowest BCUT2D eigenvalue weighted by Gasteiger charge is -2.37. The molecular weight excluding hydrogens is 424 g/mol. The number of carbonyl (C=O) groups excluding carboxylic acids is 3. The number of para-hydroxylation sites is 2. The number of benzene rings is 1. The molecular formula is C24H34N4O5. The molecule has 0 aromatic heterocycles. The van der Waals surface area contributed by atoms with E-state index in [1.807, 2.05) is 34.9 Å². The highest BCUT2D eigenvalue weighted by molar-refractivity contribution is 5.95. The summed E-state index contributed by atoms with van der Waals surface area (Å²) in [7, 11) is 0. The number of carbonyl (C=O) groups is 3. The lowest BCUT2D eigenvalue weighted by atomic mass is 9.94. The molecule has 3 heterocycles. The average molecular weight is 459 g/mol. The SMILES string of the molecule is CCOc1ccccc1NC(=O)N1CCC[C@H]1C(=O)N1CCC(C(=O)N2CCOCC2)CC1. The summed E-state index contributed by atoms with van der Waals surface area (Å²) >= 11 is 0. The molecule has 3 aliphatic heterocycles. The Morgan fingerprint density at radius 2 is 1.67 bits per heavy atom. The number of ether oxygens (including phenoxy) is 2. The summed E-state index contributed by atoms with van der Waals surface area (Å²) in [6, 6.07) is 6.56. The zero-order valence-electron chi connectivity index (χ0n) is 19.3. The fourth-order valence-corrected chi connectivity index (χ4v) is 4.90. The molecule has 180 valence electrons. The van der Waals surface area contributed by atoms with Gasteiger partial charge in [0.25, 0.3) is 0 Å². The quantitative estimate of drug-likeness (QED) is 0.730. The summed E-state index contributed by atoms with van der Waals surface area (Å²) < 4.78 is 10.9. The molecule has 0 spiro atoms. The van der Waals surface area contributed by atoms with Crippen LogP contribution in [0.5, 0.6) is 5.75 Å². The van der Waals surface area contributed by atoms with E-state index in [9.17, 15) is 14.4 Å². The van der Waals surface area contributed by atoms with E-state index >= 15 is 0 Å². The van der Waals surface area contributed by atoms with Gasteiger partial charge in [0.2, 0.25) is 11.8 Å². The van der Waals surface area contributed by atoms with Crippen LogP contribution in [0.2, 0.25) is 0 Å². The minimum Gasteiger partial charge on any atom is -0.492 e. The first-order valence-electron chi connectivity index (χ1n) is 12.0. The summed E-state index contributed by atoms with van der Waals surface area (Å²) in [6.07, 6.45) is 2.79. The van der Waals surface area contributed by atoms with Crippen molar-refractivity contribution in [2.24, 2.45) is 5.92 Å². The van der Waals surface area contributed by atoms with Crippen LogP contribution in [0.15, 0.2) is 24.3 Å². The molecule has 9 heteroatoms. The van der Waals surface area contributed by atoms with Crippen LogP contribution in [0.4, 0.5) is 10.5 Å². The van der Waals surface area contributed by atoms with E-state index in [1.54, 1.807) is 11.0 Å². The molecule has 3 fully saturated rings. The van der Waals surface area contributed by atoms with Crippen LogP contribution in [-0.2, 0) is 14.3 Å². The van der Waals surface area contributed by atoms with Crippen molar-refractivity contribution in [1.29, 1.82) is 0 Å². The molecule has 3 saturated heterocycles. The van der Waals surface area contributed by atoms with Crippen LogP contribution < -0.4 is 10.1 Å². The topological polar surface area (TPSA) is 91.4 Å². The molecule has 0 saturated carbocycles. The summed E-state index contributed by atoms with van der Waals surface area (Å²) in [5.74, 6) is 0.742. The maximum Gasteiger partial charge on any atom is 0.322 e. The first-order valence-corrected chi connectivity index (χ1v) is 12.0. The van der Waals surface area contributed by atoms with E-state index in [-0.39, 0.29) is 23.8 Å². The smallest absolute Gasteiger partial charge is 0.322 e. The van der Waals surface area contributed by atoms with Gasteiger partial charge in [0, 0.05) is 38.6 Å². The maximum atomic E-state index is 13.3. The van der Waals surface area contributed by atoms with Crippen LogP contribution in [0.25, 0.3) is 0 Å². The van der Waals surface area contributed by atoms with E-state index in [0.29, 0.717) is 83.2 Å². The van der Waals surface area contributed by atoms with Crippen LogP contribution in [-0.4, -0.2) is 91.1 Å². The molecule has 1 atom stereocenters. The monoisotopic (exact) mass is 458 g/mol. The Balaban J connectivity index is 1.32. The van der Waals surface area contributed by atoms with Crippen molar-refractivity contribution in [1.82, 2.24) is 14.7 Å². The third-order valence-electron chi connectivity index (χ3n) is 6.71. The van der Waals surface area contributed by atoms with Gasteiger partial charge in [-0.2, -0.15) is 0 Å². The second-order valence-corrected chi connectivity index (χ2v) is 8.75. The first-order chi connectivity index (χ1) is 16.1. The number of morpholine rings is 1. The van der Waals surface area contributed by atoms with Gasteiger partial charge in [-0.25, -0.2) is 4.79 Å². The molecule has 4 rings (SSSR count). The number of urea groups is 1. The fourth-order valence-electron chi connectivity index (χ4n) is 4.90. The molecule has 3 aliphatic rings. The lowest BCUT2D eigenvalue weighted by Crippen LogP contribution is -2.52. The predicted octanol–water partition coefficient (Wildman–Crippen LogP) is 2.18. The zero-order valence-corrected chi connectivity index (χ0v) is 19.3. The molecule has 9 nitrogen and oxygen atoms in total. The van der Waals surface area contributed by atoms with Gasteiger partial charge in [0.1, 0.15) is 11.8 Å². The number of piperidine rings is 1. The van der Waals surface area contributed by atoms with Gasteiger partial charge in [-0.05, 0) is 44.7 Å². The Morgan fingerprint density at radius 1 is 0.970 bits per heavy atom. The van der Waals surface area contributed by atoms with Crippen LogP contribution in [0.3, 0.4) is 0 Å². The van der Waals surface area contributed by atoms with E-state index in [4.69, 9.17) is 9.47 Å². The molecule has 1 N–H and O–H groups in total. The maximum absolute atomic E-state index is 13.3. The second kappa shape index (κ2) is 10.9. The molecule has 0 radical (unpaired) electrons. The number of likely N-dealkylation sites (tertiary alicyclic amines) is 2. The second-order valence-electron chi connectivity index (χ2n) is 8.75. The van der Waals surface area contributed by atoms with E-state index in [2.05, 4.69) is 5.32 Å². The minimum absolute atomic E-state index is 0.0157. The fraction of sp³-hybridized carbons (Fsp3) is 0.625. The van der Waals surface area contributed by atoms with Gasteiger partial charge in [-0.15, -0.1) is 0 Å². The highest BCUT2D eigenvalue weighted by Gasteiger charge is 2.39. The Kier molecular flexibility index (Phi) is 7.69. The summed E-state index contributed by atoms with van der Waals surface area (Å²) in [5, 5.41) is 2.91. The Labute approximate surface area is 195 Å². The van der Waals surface area contributed by atoms with Crippen LogP contribution in [0.1, 0.15) is 32.6 Å². The molecule has 0 unspecified atom stereocenters. The van der Waals surface area contributed by atoms with E-state index < -0.39 is 6.04 Å². The number of anilines is 1. The van der Waals surface area contributed by atoms with E-state index in [1.165, 1.54) is 0 Å². The van der Waals surface area contributed by atoms with Gasteiger partial charge < -0.3 is 29.5 Å². The molecule has 0 bridgehead atoms. The van der Waals surface area contributed by atoms with Gasteiger partial charge in [-0.1, -0.05) is 12.1 Å². The van der Waals surface area contributed by atoms with Gasteiger partial charge in [0.15, 0.2) is 0 Å². The van der Waals surface area contributed by atoms with Crippen molar-refractivity contribution in [3.05, 3.63) is 24.3 Å². The van der Waals surface area contributed by atoms with Gasteiger partial charge in [-0.3, -0.25) is 9.59 Å². The Morgan fingerprint density at radius 3 is 2.39 bits per heavy atom. The lowest BCUT2D eigenvalue weighted by molar-refractivity contribution is -0.144. The van der Waals surface area contributed by atoms with Crippen LogP contribution in [0, 0.1) is 5.92 Å². The highest BCUT2D eigenvalue weighted by atomic mass is 16.5. The van der Waals surface area contributed by atoms with Crippen LogP contribution >= 0.6 is 0 Å². The number of amides is 4. The Hall–Kier alpha value is -2.81. The van der Waals surface area contributed by atoms with Gasteiger partial charge >= 0.3 is 6.03 Å². The molecule has 1 aromatic carbocycles. The molecule has 33 heavy (non-hydrogen) atoms. The first kappa shape index (κ1) is 23.4. The number of nitrogens with one attached hydrogen (secondary N) is 1. The minimum atomic E-state index is -0.462. The van der Waals surface area contributed by atoms with Crippen molar-refractivity contribution in [2.75, 3.05) is 57.9 Å². The normalized spacial score (nSPS) is 21.7. The Bertz CT molecular complexity index is 849. The van der Waals surface area contributed by atoms with Crippen molar-refractivity contribution in [3.63, 3.8) is 0 Å². The van der Waals surface area contributed by atoms with Crippen molar-refractivity contribution < 1.29 is 23.9 Å². The average Bonchev–Trinajstić information content (AvgIpc) is 3.35. The molecule has 1 aromatic rings. The van der Waals surface area contributed by atoms with Crippen molar-refractivity contribution in [3.8, 4) is 5.75 Å². The van der Waals surface area contributed by atoms with Gasteiger partial charge in [0.05, 0.1) is 25.5 Å².